The van der Waals surface area contributed by atoms with Gasteiger partial charge in [-0.2, -0.15) is 0 Å². The summed E-state index contributed by atoms with van der Waals surface area (Å²) in [5.41, 5.74) is 1.12. The summed E-state index contributed by atoms with van der Waals surface area (Å²) in [4.78, 5) is 22.2. The van der Waals surface area contributed by atoms with Gasteiger partial charge < -0.3 is 10.0 Å². The van der Waals surface area contributed by atoms with Gasteiger partial charge in [0.15, 0.2) is 0 Å². The Balaban J connectivity index is 1.82. The second kappa shape index (κ2) is 4.79. The lowest BCUT2D eigenvalue weighted by Crippen LogP contribution is -2.39. The lowest BCUT2D eigenvalue weighted by atomic mass is 9.98. The van der Waals surface area contributed by atoms with Crippen molar-refractivity contribution < 1.29 is 9.90 Å². The van der Waals surface area contributed by atoms with E-state index < -0.39 is 5.97 Å². The van der Waals surface area contributed by atoms with Gasteiger partial charge >= 0.3 is 5.97 Å². The third kappa shape index (κ3) is 2.69. The van der Waals surface area contributed by atoms with Crippen LogP contribution < -0.4 is 4.90 Å². The topological polar surface area (TPSA) is 66.3 Å². The minimum absolute atomic E-state index is 0.270. The Morgan fingerprint density at radius 3 is 2.84 bits per heavy atom. The average molecular weight is 261 g/mol. The van der Waals surface area contributed by atoms with Crippen LogP contribution in [-0.2, 0) is 4.79 Å². The normalized spacial score (nSPS) is 23.4. The van der Waals surface area contributed by atoms with E-state index in [0.717, 1.165) is 36.7 Å². The highest BCUT2D eigenvalue weighted by Crippen LogP contribution is 2.40. The fourth-order valence-corrected chi connectivity index (χ4v) is 2.71. The monoisotopic (exact) mass is 261 g/mol. The van der Waals surface area contributed by atoms with Crippen LogP contribution in [0.15, 0.2) is 6.07 Å². The zero-order chi connectivity index (χ0) is 13.4. The van der Waals surface area contributed by atoms with Crippen molar-refractivity contribution in [2.45, 2.75) is 38.5 Å². The number of carboxylic acids is 1. The highest BCUT2D eigenvalue weighted by Gasteiger charge is 2.29. The standard InChI is InChI=1S/C14H19N3O2/c1-9-15-12(10-4-5-10)7-13(16-9)17-6-2-3-11(8-17)14(18)19/h7,10-11H,2-6,8H2,1H3,(H,18,19)/t11-/m1/s1. The Kier molecular flexibility index (Phi) is 3.12. The lowest BCUT2D eigenvalue weighted by molar-refractivity contribution is -0.141. The number of rotatable bonds is 3. The second-order valence-electron chi connectivity index (χ2n) is 5.60. The van der Waals surface area contributed by atoms with Crippen molar-refractivity contribution in [1.29, 1.82) is 0 Å². The van der Waals surface area contributed by atoms with Gasteiger partial charge in [-0.25, -0.2) is 9.97 Å². The molecule has 0 unspecified atom stereocenters. The van der Waals surface area contributed by atoms with Crippen molar-refractivity contribution in [2.75, 3.05) is 18.0 Å². The highest BCUT2D eigenvalue weighted by atomic mass is 16.4. The smallest absolute Gasteiger partial charge is 0.308 e. The molecular formula is C14H19N3O2. The summed E-state index contributed by atoms with van der Waals surface area (Å²) in [6.07, 6.45) is 4.12. The zero-order valence-corrected chi connectivity index (χ0v) is 11.2. The van der Waals surface area contributed by atoms with E-state index in [1.54, 1.807) is 0 Å². The molecule has 0 amide bonds. The maximum absolute atomic E-state index is 11.1. The fraction of sp³-hybridized carbons (Fsp3) is 0.643. The molecule has 0 radical (unpaired) electrons. The molecule has 1 saturated carbocycles. The molecule has 5 heteroatoms. The van der Waals surface area contributed by atoms with Crippen LogP contribution in [0.25, 0.3) is 0 Å². The second-order valence-corrected chi connectivity index (χ2v) is 5.60. The Labute approximate surface area is 112 Å². The number of hydrogen-bond donors (Lipinski definition) is 1. The van der Waals surface area contributed by atoms with Crippen molar-refractivity contribution in [3.05, 3.63) is 17.6 Å². The number of carbonyl (C=O) groups is 1. The molecule has 0 bridgehead atoms. The molecule has 1 aromatic heterocycles. The van der Waals surface area contributed by atoms with Crippen LogP contribution in [0.2, 0.25) is 0 Å². The quantitative estimate of drug-likeness (QED) is 0.901. The maximum Gasteiger partial charge on any atom is 0.308 e. The van der Waals surface area contributed by atoms with Gasteiger partial charge in [-0.05, 0) is 32.6 Å². The van der Waals surface area contributed by atoms with Crippen molar-refractivity contribution in [1.82, 2.24) is 9.97 Å². The molecule has 1 aliphatic carbocycles. The molecule has 2 heterocycles. The van der Waals surface area contributed by atoms with Crippen LogP contribution >= 0.6 is 0 Å². The molecule has 3 rings (SSSR count). The van der Waals surface area contributed by atoms with Gasteiger partial charge in [0.1, 0.15) is 11.6 Å². The number of aliphatic carboxylic acids is 1. The summed E-state index contributed by atoms with van der Waals surface area (Å²) < 4.78 is 0. The molecule has 1 aromatic rings. The van der Waals surface area contributed by atoms with Crippen LogP contribution in [0.4, 0.5) is 5.82 Å². The van der Waals surface area contributed by atoms with E-state index >= 15 is 0 Å². The summed E-state index contributed by atoms with van der Waals surface area (Å²) in [6.45, 7) is 3.37. The molecule has 5 nitrogen and oxygen atoms in total. The van der Waals surface area contributed by atoms with Crippen molar-refractivity contribution in [2.24, 2.45) is 5.92 Å². The molecule has 0 aromatic carbocycles. The van der Waals surface area contributed by atoms with E-state index in [1.807, 2.05) is 6.92 Å². The van der Waals surface area contributed by atoms with E-state index in [4.69, 9.17) is 5.11 Å². The molecule has 1 N–H and O–H groups in total. The average Bonchev–Trinajstić information content (AvgIpc) is 3.22. The van der Waals surface area contributed by atoms with Crippen LogP contribution in [0.1, 0.15) is 43.1 Å². The minimum Gasteiger partial charge on any atom is -0.481 e. The molecule has 1 atom stereocenters. The van der Waals surface area contributed by atoms with Crippen LogP contribution in [-0.4, -0.2) is 34.1 Å². The minimum atomic E-state index is -0.696. The molecule has 1 aliphatic heterocycles. The predicted molar refractivity (Wildman–Crippen MR) is 71.3 cm³/mol. The Hall–Kier alpha value is -1.65. The number of carboxylic acid groups (broad SMARTS) is 1. The van der Waals surface area contributed by atoms with E-state index in [2.05, 4.69) is 20.9 Å². The van der Waals surface area contributed by atoms with E-state index in [-0.39, 0.29) is 5.92 Å². The first kappa shape index (κ1) is 12.4. The molecule has 2 aliphatic rings. The first-order valence-corrected chi connectivity index (χ1v) is 6.97. The van der Waals surface area contributed by atoms with Crippen molar-refractivity contribution in [3.63, 3.8) is 0 Å². The Morgan fingerprint density at radius 2 is 2.16 bits per heavy atom. The summed E-state index contributed by atoms with van der Waals surface area (Å²) in [5.74, 6) is 1.32. The third-order valence-corrected chi connectivity index (χ3v) is 3.93. The van der Waals surface area contributed by atoms with Crippen molar-refractivity contribution >= 4 is 11.8 Å². The summed E-state index contributed by atoms with van der Waals surface area (Å²) in [6, 6.07) is 2.05. The van der Waals surface area contributed by atoms with E-state index in [1.165, 1.54) is 12.8 Å². The molecule has 1 saturated heterocycles. The van der Waals surface area contributed by atoms with E-state index in [0.29, 0.717) is 12.5 Å². The van der Waals surface area contributed by atoms with Gasteiger partial charge in [0.25, 0.3) is 0 Å². The number of anilines is 1. The zero-order valence-electron chi connectivity index (χ0n) is 11.2. The van der Waals surface area contributed by atoms with Crippen molar-refractivity contribution in [3.8, 4) is 0 Å². The molecule has 102 valence electrons. The fourth-order valence-electron chi connectivity index (χ4n) is 2.71. The van der Waals surface area contributed by atoms with E-state index in [9.17, 15) is 4.79 Å². The number of nitrogens with zero attached hydrogens (tertiary/aromatic N) is 3. The first-order chi connectivity index (χ1) is 9.13. The number of piperidine rings is 1. The lowest BCUT2D eigenvalue weighted by Gasteiger charge is -2.31. The number of hydrogen-bond acceptors (Lipinski definition) is 4. The largest absolute Gasteiger partial charge is 0.481 e. The van der Waals surface area contributed by atoms with Gasteiger partial charge in [-0.15, -0.1) is 0 Å². The maximum atomic E-state index is 11.1. The third-order valence-electron chi connectivity index (χ3n) is 3.93. The van der Waals surface area contributed by atoms with Crippen LogP contribution in [0, 0.1) is 12.8 Å². The van der Waals surface area contributed by atoms with Crippen LogP contribution in [0.5, 0.6) is 0 Å². The first-order valence-electron chi connectivity index (χ1n) is 6.97. The summed E-state index contributed by atoms with van der Waals surface area (Å²) >= 11 is 0. The van der Waals surface area contributed by atoms with Gasteiger partial charge in [-0.3, -0.25) is 4.79 Å². The summed E-state index contributed by atoms with van der Waals surface area (Å²) in [7, 11) is 0. The summed E-state index contributed by atoms with van der Waals surface area (Å²) in [5, 5.41) is 9.15. The van der Waals surface area contributed by atoms with Crippen LogP contribution in [0.3, 0.4) is 0 Å². The molecular weight excluding hydrogens is 242 g/mol. The van der Waals surface area contributed by atoms with Gasteiger partial charge in [0.05, 0.1) is 5.92 Å². The van der Waals surface area contributed by atoms with Gasteiger partial charge in [0, 0.05) is 30.8 Å². The van der Waals surface area contributed by atoms with Gasteiger partial charge in [-0.1, -0.05) is 0 Å². The molecule has 0 spiro atoms. The Morgan fingerprint density at radius 1 is 1.37 bits per heavy atom. The Bertz CT molecular complexity index is 499. The van der Waals surface area contributed by atoms with Gasteiger partial charge in [0.2, 0.25) is 0 Å². The molecule has 19 heavy (non-hydrogen) atoms. The number of aryl methyl sites for hydroxylation is 1. The highest BCUT2D eigenvalue weighted by molar-refractivity contribution is 5.71. The molecule has 2 fully saturated rings. The SMILES string of the molecule is Cc1nc(C2CC2)cc(N2CCC[C@@H](C(=O)O)C2)n1. The predicted octanol–water partition coefficient (Wildman–Crippen LogP) is 1.96. The number of aromatic nitrogens is 2.